The van der Waals surface area contributed by atoms with E-state index in [4.69, 9.17) is 0 Å². The highest BCUT2D eigenvalue weighted by molar-refractivity contribution is 6.36. The van der Waals surface area contributed by atoms with E-state index in [9.17, 15) is 9.18 Å². The van der Waals surface area contributed by atoms with Gasteiger partial charge in [0.1, 0.15) is 19.5 Å². The number of hydrogen-bond acceptors (Lipinski definition) is 5. The molecule has 36 heavy (non-hydrogen) atoms. The zero-order valence-electron chi connectivity index (χ0n) is 20.2. The molecule has 9 heteroatoms. The molecule has 0 radical (unpaired) electrons. The minimum Gasteiger partial charge on any atom is -0.366 e. The number of hydrogen-bond donors (Lipinski definition) is 2. The summed E-state index contributed by atoms with van der Waals surface area (Å²) in [5, 5.41) is 11.1. The standard InChI is InChI=1S/C27H28BFN6O/c28-21-15-31-35-25(13-23(32-26(21)35)20-3-1-2-4-22(20)29)30-14-17-5-7-19(8-6-17)27(36)33-24-16-34-11-9-18(24)10-12-34/h1-8,13,15,18,24,30H,9-12,14,16,28H2,(H,33,36). The van der Waals surface area contributed by atoms with Crippen molar-refractivity contribution < 1.29 is 9.18 Å². The van der Waals surface area contributed by atoms with Gasteiger partial charge >= 0.3 is 0 Å². The summed E-state index contributed by atoms with van der Waals surface area (Å²) >= 11 is 0. The molecule has 3 fully saturated rings. The Bertz CT molecular complexity index is 1410. The topological polar surface area (TPSA) is 74.6 Å². The molecule has 1 amide bonds. The highest BCUT2D eigenvalue weighted by Crippen LogP contribution is 2.28. The van der Waals surface area contributed by atoms with Crippen molar-refractivity contribution in [1.29, 1.82) is 0 Å². The first-order valence-electron chi connectivity index (χ1n) is 12.5. The lowest BCUT2D eigenvalue weighted by Gasteiger charge is -2.44. The van der Waals surface area contributed by atoms with Crippen molar-refractivity contribution >= 4 is 30.7 Å². The second kappa shape index (κ2) is 9.39. The molecule has 7 nitrogen and oxygen atoms in total. The van der Waals surface area contributed by atoms with Crippen molar-refractivity contribution in [3.63, 3.8) is 0 Å². The van der Waals surface area contributed by atoms with Crippen LogP contribution in [0.15, 0.2) is 60.8 Å². The number of aromatic nitrogens is 3. The van der Waals surface area contributed by atoms with Gasteiger partial charge in [-0.1, -0.05) is 24.3 Å². The first-order chi connectivity index (χ1) is 17.5. The minimum absolute atomic E-state index is 0.00866. The zero-order chi connectivity index (χ0) is 24.6. The molecule has 2 N–H and O–H groups in total. The lowest BCUT2D eigenvalue weighted by Crippen LogP contribution is -2.57. The average Bonchev–Trinajstić information content (AvgIpc) is 3.29. The maximum atomic E-state index is 14.5. The molecule has 2 aromatic heterocycles. The molecule has 0 aliphatic carbocycles. The van der Waals surface area contributed by atoms with E-state index >= 15 is 0 Å². The van der Waals surface area contributed by atoms with Gasteiger partial charge in [-0.3, -0.25) is 4.79 Å². The van der Waals surface area contributed by atoms with Crippen molar-refractivity contribution in [3.8, 4) is 11.3 Å². The fourth-order valence-corrected chi connectivity index (χ4v) is 5.35. The second-order valence-corrected chi connectivity index (χ2v) is 9.84. The highest BCUT2D eigenvalue weighted by Gasteiger charge is 2.34. The number of rotatable bonds is 6. The largest absolute Gasteiger partial charge is 0.366 e. The van der Waals surface area contributed by atoms with E-state index in [1.54, 1.807) is 28.9 Å². The van der Waals surface area contributed by atoms with E-state index in [1.165, 1.54) is 18.9 Å². The molecule has 2 aromatic carbocycles. The molecule has 4 aromatic rings. The fraction of sp³-hybridized carbons (Fsp3) is 0.296. The molecule has 0 saturated carbocycles. The number of carbonyl (C=O) groups is 1. The summed E-state index contributed by atoms with van der Waals surface area (Å²) in [4.78, 5) is 19.9. The fourth-order valence-electron chi connectivity index (χ4n) is 5.35. The van der Waals surface area contributed by atoms with Crippen LogP contribution in [0.2, 0.25) is 0 Å². The van der Waals surface area contributed by atoms with Crippen molar-refractivity contribution in [2.24, 2.45) is 5.92 Å². The number of piperidine rings is 3. The van der Waals surface area contributed by atoms with Crippen LogP contribution in [0.1, 0.15) is 28.8 Å². The monoisotopic (exact) mass is 482 g/mol. The van der Waals surface area contributed by atoms with Crippen LogP contribution in [0, 0.1) is 11.7 Å². The zero-order valence-corrected chi connectivity index (χ0v) is 20.2. The Morgan fingerprint density at radius 1 is 1.11 bits per heavy atom. The third-order valence-corrected chi connectivity index (χ3v) is 7.46. The quantitative estimate of drug-likeness (QED) is 0.413. The van der Waals surface area contributed by atoms with Gasteiger partial charge in [0.15, 0.2) is 5.65 Å². The number of fused-ring (bicyclic) bond motifs is 4. The smallest absolute Gasteiger partial charge is 0.251 e. The van der Waals surface area contributed by atoms with E-state index < -0.39 is 0 Å². The SMILES string of the molecule is Bc1cnn2c(NCc3ccc(C(=O)NC4CN5CCC4CC5)cc3)cc(-c3ccccc3F)nc12. The van der Waals surface area contributed by atoms with Gasteiger partial charge in [-0.15, -0.1) is 0 Å². The van der Waals surface area contributed by atoms with Crippen molar-refractivity contribution in [3.05, 3.63) is 77.7 Å². The second-order valence-electron chi connectivity index (χ2n) is 9.84. The molecule has 3 aliphatic heterocycles. The summed E-state index contributed by atoms with van der Waals surface area (Å²) in [6, 6.07) is 16.4. The number of carbonyl (C=O) groups excluding carboxylic acids is 1. The van der Waals surface area contributed by atoms with Crippen LogP contribution in [0.4, 0.5) is 10.2 Å². The Morgan fingerprint density at radius 2 is 1.89 bits per heavy atom. The van der Waals surface area contributed by atoms with Crippen LogP contribution in [0.3, 0.4) is 0 Å². The Morgan fingerprint density at radius 3 is 2.61 bits per heavy atom. The lowest BCUT2D eigenvalue weighted by atomic mass is 9.84. The molecular formula is C27H28BFN6O. The van der Waals surface area contributed by atoms with E-state index in [0.29, 0.717) is 34.9 Å². The van der Waals surface area contributed by atoms with Gasteiger partial charge in [0.25, 0.3) is 5.91 Å². The normalized spacial score (nSPS) is 21.0. The maximum absolute atomic E-state index is 14.5. The van der Waals surface area contributed by atoms with Gasteiger partial charge in [-0.05, 0) is 67.1 Å². The Balaban J connectivity index is 1.17. The number of nitrogens with zero attached hydrogens (tertiary/aromatic N) is 4. The Kier molecular flexibility index (Phi) is 5.93. The summed E-state index contributed by atoms with van der Waals surface area (Å²) in [5.41, 5.74) is 4.28. The first kappa shape index (κ1) is 22.7. The predicted molar refractivity (Wildman–Crippen MR) is 141 cm³/mol. The van der Waals surface area contributed by atoms with Crippen LogP contribution in [-0.2, 0) is 6.54 Å². The Labute approximate surface area is 210 Å². The molecule has 3 aliphatic rings. The van der Waals surface area contributed by atoms with Gasteiger partial charge in [0, 0.05) is 42.5 Å². The van der Waals surface area contributed by atoms with Gasteiger partial charge < -0.3 is 15.5 Å². The van der Waals surface area contributed by atoms with Crippen molar-refractivity contribution in [1.82, 2.24) is 24.8 Å². The minimum atomic E-state index is -0.315. The maximum Gasteiger partial charge on any atom is 0.251 e. The summed E-state index contributed by atoms with van der Waals surface area (Å²) in [7, 11) is 1.93. The van der Waals surface area contributed by atoms with Gasteiger partial charge in [-0.2, -0.15) is 9.61 Å². The van der Waals surface area contributed by atoms with Gasteiger partial charge in [0.05, 0.1) is 5.69 Å². The number of amides is 1. The number of nitrogens with one attached hydrogen (secondary N) is 2. The van der Waals surface area contributed by atoms with E-state index in [-0.39, 0.29) is 17.8 Å². The van der Waals surface area contributed by atoms with Gasteiger partial charge in [-0.25, -0.2) is 9.37 Å². The highest BCUT2D eigenvalue weighted by atomic mass is 19.1. The van der Waals surface area contributed by atoms with E-state index in [0.717, 1.165) is 36.5 Å². The van der Waals surface area contributed by atoms with Crippen LogP contribution in [0.5, 0.6) is 0 Å². The molecular weight excluding hydrogens is 454 g/mol. The third kappa shape index (κ3) is 4.35. The van der Waals surface area contributed by atoms with Crippen LogP contribution >= 0.6 is 0 Å². The number of halogens is 1. The molecule has 0 spiro atoms. The van der Waals surface area contributed by atoms with Crippen LogP contribution in [-0.4, -0.2) is 58.9 Å². The average molecular weight is 482 g/mol. The van der Waals surface area contributed by atoms with Gasteiger partial charge in [0.2, 0.25) is 0 Å². The number of anilines is 1. The van der Waals surface area contributed by atoms with Crippen molar-refractivity contribution in [2.75, 3.05) is 25.0 Å². The predicted octanol–water partition coefficient (Wildman–Crippen LogP) is 2.23. The summed E-state index contributed by atoms with van der Waals surface area (Å²) < 4.78 is 16.2. The molecule has 1 atom stereocenters. The van der Waals surface area contributed by atoms with E-state index in [2.05, 4.69) is 25.6 Å². The summed E-state index contributed by atoms with van der Waals surface area (Å²) in [6.07, 6.45) is 4.10. The Hall–Kier alpha value is -3.72. The lowest BCUT2D eigenvalue weighted by molar-refractivity contribution is 0.0620. The third-order valence-electron chi connectivity index (χ3n) is 7.46. The molecule has 7 rings (SSSR count). The first-order valence-corrected chi connectivity index (χ1v) is 12.5. The molecule has 3 saturated heterocycles. The van der Waals surface area contributed by atoms with Crippen LogP contribution < -0.4 is 16.1 Å². The van der Waals surface area contributed by atoms with Crippen LogP contribution in [0.25, 0.3) is 16.9 Å². The number of benzene rings is 2. The van der Waals surface area contributed by atoms with Crippen molar-refractivity contribution in [2.45, 2.75) is 25.4 Å². The summed E-state index contributed by atoms with van der Waals surface area (Å²) in [6.45, 7) is 3.79. The molecule has 1 unspecified atom stereocenters. The van der Waals surface area contributed by atoms with E-state index in [1.807, 2.05) is 38.2 Å². The molecule has 5 heterocycles. The summed E-state index contributed by atoms with van der Waals surface area (Å²) in [5.74, 6) is 0.991. The molecule has 2 bridgehead atoms. The molecule has 182 valence electrons.